The molecule has 1 saturated carbocycles. The number of carbonyl (C=O) groups is 1. The molecule has 41 heavy (non-hydrogen) atoms. The first kappa shape index (κ1) is 27.3. The van der Waals surface area contributed by atoms with Gasteiger partial charge in [0, 0.05) is 17.2 Å². The third-order valence-corrected chi connectivity index (χ3v) is 8.88. The highest BCUT2D eigenvalue weighted by Gasteiger charge is 2.56. The van der Waals surface area contributed by atoms with Crippen molar-refractivity contribution in [3.05, 3.63) is 89.0 Å². The number of ether oxygens (including phenoxy) is 1. The summed E-state index contributed by atoms with van der Waals surface area (Å²) in [5.74, 6) is -3.95. The highest BCUT2D eigenvalue weighted by Crippen LogP contribution is 2.59. The molecule has 3 aliphatic rings. The number of nitrogens with one attached hydrogen (secondary N) is 1. The van der Waals surface area contributed by atoms with Crippen molar-refractivity contribution < 1.29 is 27.1 Å². The highest BCUT2D eigenvalue weighted by atomic mass is 19.4. The Balaban J connectivity index is 1.33. The van der Waals surface area contributed by atoms with Gasteiger partial charge in [-0.3, -0.25) is 4.79 Å². The first-order valence-electron chi connectivity index (χ1n) is 13.9. The van der Waals surface area contributed by atoms with E-state index in [1.165, 1.54) is 12.1 Å². The predicted molar refractivity (Wildman–Crippen MR) is 148 cm³/mol. The Morgan fingerprint density at radius 3 is 2.71 bits per heavy atom. The van der Waals surface area contributed by atoms with Gasteiger partial charge < -0.3 is 10.1 Å². The van der Waals surface area contributed by atoms with Crippen LogP contribution in [0.25, 0.3) is 11.8 Å². The molecule has 3 aliphatic carbocycles. The van der Waals surface area contributed by atoms with Gasteiger partial charge in [0.15, 0.2) is 0 Å². The Morgan fingerprint density at radius 2 is 1.98 bits per heavy atom. The van der Waals surface area contributed by atoms with E-state index in [0.717, 1.165) is 28.1 Å². The minimum atomic E-state index is -4.51. The number of nitrogens with zero attached hydrogens (tertiary/aromatic N) is 2. The lowest BCUT2D eigenvalue weighted by atomic mass is 9.54. The number of aromatic nitrogens is 2. The van der Waals surface area contributed by atoms with E-state index >= 15 is 0 Å². The lowest BCUT2D eigenvalue weighted by Gasteiger charge is -2.50. The van der Waals surface area contributed by atoms with E-state index in [4.69, 9.17) is 4.74 Å². The standard InChI is InChI=1S/C32H31F4N3O2/c1-3-41-24-6-4-5-22(16-24)38-30(40)29-25-12-7-20-15-28-19(18-37-39(28)23-10-8-21(33)9-11-23)17-31(20,2)26(25)13-14-27(29)32(34,35)36/h4-6,8-11,13,15-16,18,25,27,29H,3,7,12,14,17H2,1-2H3,(H,38,40)/t25?,27-,29-,31+/m1/s1. The molecule has 0 aliphatic heterocycles. The van der Waals surface area contributed by atoms with Gasteiger partial charge in [-0.15, -0.1) is 0 Å². The normalized spacial score (nSPS) is 25.3. The number of benzene rings is 2. The first-order valence-corrected chi connectivity index (χ1v) is 13.9. The molecule has 0 spiro atoms. The van der Waals surface area contributed by atoms with Gasteiger partial charge in [0.1, 0.15) is 11.6 Å². The van der Waals surface area contributed by atoms with Crippen molar-refractivity contribution in [3.8, 4) is 11.4 Å². The second kappa shape index (κ2) is 10.2. The molecule has 3 aromatic rings. The average Bonchev–Trinajstić information content (AvgIpc) is 3.33. The molecule has 2 aromatic carbocycles. The predicted octanol–water partition coefficient (Wildman–Crippen LogP) is 7.53. The minimum absolute atomic E-state index is 0.239. The summed E-state index contributed by atoms with van der Waals surface area (Å²) in [6.45, 7) is 4.35. The topological polar surface area (TPSA) is 56.1 Å². The van der Waals surface area contributed by atoms with Gasteiger partial charge in [0.05, 0.1) is 36.0 Å². The maximum Gasteiger partial charge on any atom is 0.392 e. The number of amides is 1. The molecule has 1 unspecified atom stereocenters. The third-order valence-electron chi connectivity index (χ3n) is 8.88. The van der Waals surface area contributed by atoms with Gasteiger partial charge in [-0.1, -0.05) is 30.2 Å². The van der Waals surface area contributed by atoms with E-state index in [2.05, 4.69) is 23.4 Å². The summed E-state index contributed by atoms with van der Waals surface area (Å²) < 4.78 is 63.8. The van der Waals surface area contributed by atoms with Crippen LogP contribution in [0.5, 0.6) is 5.75 Å². The molecule has 214 valence electrons. The summed E-state index contributed by atoms with van der Waals surface area (Å²) in [4.78, 5) is 13.7. The summed E-state index contributed by atoms with van der Waals surface area (Å²) in [6.07, 6.45) is 2.43. The van der Waals surface area contributed by atoms with Gasteiger partial charge in [-0.25, -0.2) is 9.07 Å². The third kappa shape index (κ3) is 4.85. The summed E-state index contributed by atoms with van der Waals surface area (Å²) in [5, 5.41) is 7.32. The van der Waals surface area contributed by atoms with Crippen LogP contribution in [0.4, 0.5) is 23.2 Å². The Morgan fingerprint density at radius 1 is 1.20 bits per heavy atom. The summed E-state index contributed by atoms with van der Waals surface area (Å²) in [6, 6.07) is 12.8. The smallest absolute Gasteiger partial charge is 0.392 e. The van der Waals surface area contributed by atoms with Crippen molar-refractivity contribution in [1.82, 2.24) is 9.78 Å². The van der Waals surface area contributed by atoms with Crippen molar-refractivity contribution in [2.24, 2.45) is 23.2 Å². The van der Waals surface area contributed by atoms with Gasteiger partial charge in [-0.2, -0.15) is 18.3 Å². The molecule has 0 radical (unpaired) electrons. The lowest BCUT2D eigenvalue weighted by Crippen LogP contribution is -2.49. The fourth-order valence-electron chi connectivity index (χ4n) is 6.99. The summed E-state index contributed by atoms with van der Waals surface area (Å²) >= 11 is 0. The number of hydrogen-bond acceptors (Lipinski definition) is 3. The maximum absolute atomic E-state index is 14.4. The number of halogens is 4. The second-order valence-electron chi connectivity index (χ2n) is 11.3. The number of carbonyl (C=O) groups excluding carboxylic acids is 1. The fourth-order valence-corrected chi connectivity index (χ4v) is 6.99. The molecule has 1 amide bonds. The number of alkyl halides is 3. The highest BCUT2D eigenvalue weighted by molar-refractivity contribution is 5.93. The molecule has 6 rings (SSSR count). The van der Waals surface area contributed by atoms with Crippen LogP contribution in [0.2, 0.25) is 0 Å². The van der Waals surface area contributed by atoms with Crippen LogP contribution in [0.15, 0.2) is 72.0 Å². The quantitative estimate of drug-likeness (QED) is 0.257. The second-order valence-corrected chi connectivity index (χ2v) is 11.3. The molecular formula is C32H31F4N3O2. The van der Waals surface area contributed by atoms with Gasteiger partial charge in [-0.05, 0) is 86.6 Å². The molecule has 1 fully saturated rings. The monoisotopic (exact) mass is 565 g/mol. The van der Waals surface area contributed by atoms with E-state index in [9.17, 15) is 22.4 Å². The van der Waals surface area contributed by atoms with Crippen molar-refractivity contribution >= 4 is 17.7 Å². The lowest BCUT2D eigenvalue weighted by molar-refractivity contribution is -0.196. The summed E-state index contributed by atoms with van der Waals surface area (Å²) in [5.41, 5.74) is 4.51. The van der Waals surface area contributed by atoms with Crippen molar-refractivity contribution in [3.63, 3.8) is 0 Å². The number of fused-ring (bicyclic) bond motifs is 4. The largest absolute Gasteiger partial charge is 0.494 e. The maximum atomic E-state index is 14.4. The molecule has 1 aromatic heterocycles. The van der Waals surface area contributed by atoms with Crippen LogP contribution in [-0.4, -0.2) is 28.5 Å². The average molecular weight is 566 g/mol. The van der Waals surface area contributed by atoms with Gasteiger partial charge in [0.25, 0.3) is 0 Å². The van der Waals surface area contributed by atoms with E-state index in [1.54, 1.807) is 53.4 Å². The van der Waals surface area contributed by atoms with Crippen molar-refractivity contribution in [2.75, 3.05) is 11.9 Å². The molecule has 1 heterocycles. The molecule has 1 N–H and O–H groups in total. The SMILES string of the molecule is CCOc1cccc(NC(=O)[C@@H]2C3CCC4=Cc5c(cnn5-c5ccc(F)cc5)C[C@]4(C)C3=CC[C@H]2C(F)(F)F)c1. The zero-order valence-corrected chi connectivity index (χ0v) is 22.8. The Kier molecular flexibility index (Phi) is 6.78. The van der Waals surface area contributed by atoms with Crippen LogP contribution in [0.1, 0.15) is 44.4 Å². The Labute approximate surface area is 235 Å². The minimum Gasteiger partial charge on any atom is -0.494 e. The van der Waals surface area contributed by atoms with E-state index < -0.39 is 35.3 Å². The van der Waals surface area contributed by atoms with E-state index in [-0.39, 0.29) is 12.2 Å². The molecule has 9 heteroatoms. The van der Waals surface area contributed by atoms with Crippen LogP contribution in [-0.2, 0) is 11.2 Å². The van der Waals surface area contributed by atoms with Crippen LogP contribution in [0, 0.1) is 29.0 Å². The van der Waals surface area contributed by atoms with Gasteiger partial charge >= 0.3 is 6.18 Å². The van der Waals surface area contributed by atoms with Crippen LogP contribution >= 0.6 is 0 Å². The fraction of sp³-hybridized carbons (Fsp3) is 0.375. The summed E-state index contributed by atoms with van der Waals surface area (Å²) in [7, 11) is 0. The molecule has 0 bridgehead atoms. The number of anilines is 1. The molecule has 4 atom stereocenters. The Hall–Kier alpha value is -3.88. The first-order chi connectivity index (χ1) is 19.6. The van der Waals surface area contributed by atoms with Crippen LogP contribution in [0.3, 0.4) is 0 Å². The zero-order valence-electron chi connectivity index (χ0n) is 22.8. The van der Waals surface area contributed by atoms with Gasteiger partial charge in [0.2, 0.25) is 5.91 Å². The van der Waals surface area contributed by atoms with Crippen molar-refractivity contribution in [1.29, 1.82) is 0 Å². The zero-order chi connectivity index (χ0) is 28.9. The van der Waals surface area contributed by atoms with E-state index in [0.29, 0.717) is 37.3 Å². The van der Waals surface area contributed by atoms with E-state index in [1.807, 2.05) is 6.92 Å². The number of rotatable bonds is 5. The Bertz CT molecular complexity index is 1540. The van der Waals surface area contributed by atoms with Crippen molar-refractivity contribution in [2.45, 2.75) is 45.7 Å². The number of allylic oxidation sites excluding steroid dienone is 3. The molecule has 5 nitrogen and oxygen atoms in total. The molecule has 0 saturated heterocycles. The molecular weight excluding hydrogens is 534 g/mol. The number of hydrogen-bond donors (Lipinski definition) is 1. The van der Waals surface area contributed by atoms with Crippen LogP contribution < -0.4 is 10.1 Å².